The van der Waals surface area contributed by atoms with Crippen LogP contribution in [0.15, 0.2) is 27.7 Å². The first-order valence-corrected chi connectivity index (χ1v) is 8.57. The lowest BCUT2D eigenvalue weighted by atomic mass is 9.84. The maximum atomic E-state index is 4.74. The predicted octanol–water partition coefficient (Wildman–Crippen LogP) is 5.08. The van der Waals surface area contributed by atoms with Gasteiger partial charge >= 0.3 is 0 Å². The van der Waals surface area contributed by atoms with Gasteiger partial charge in [0.1, 0.15) is 0 Å². The summed E-state index contributed by atoms with van der Waals surface area (Å²) in [7, 11) is 0. The van der Waals surface area contributed by atoms with Crippen LogP contribution in [0.4, 0.5) is 5.69 Å². The molecule has 1 N–H and O–H groups in total. The quantitative estimate of drug-likeness (QED) is 0.829. The molecule has 1 aliphatic rings. The molecule has 0 fully saturated rings. The van der Waals surface area contributed by atoms with Gasteiger partial charge in [0.15, 0.2) is 5.17 Å². The molecule has 0 unspecified atom stereocenters. The number of aryl methyl sites for hydroxylation is 1. The van der Waals surface area contributed by atoms with Crippen LogP contribution in [0.5, 0.6) is 0 Å². The number of nitrogens with zero attached hydrogens (tertiary/aromatic N) is 1. The normalized spacial score (nSPS) is 18.0. The van der Waals surface area contributed by atoms with Crippen LogP contribution < -0.4 is 5.32 Å². The van der Waals surface area contributed by atoms with E-state index in [2.05, 4.69) is 60.2 Å². The number of halogens is 1. The Labute approximate surface area is 128 Å². The SMILES string of the molecule is CCC1(CC)CN=C(Nc2cc(Br)ccc2C)SC1. The minimum absolute atomic E-state index is 0.405. The van der Waals surface area contributed by atoms with Crippen molar-refractivity contribution >= 4 is 38.5 Å². The Kier molecular flexibility index (Phi) is 4.96. The molecule has 0 radical (unpaired) electrons. The Hall–Kier alpha value is -0.480. The van der Waals surface area contributed by atoms with Crippen molar-refractivity contribution in [3.8, 4) is 0 Å². The maximum Gasteiger partial charge on any atom is 0.161 e. The minimum Gasteiger partial charge on any atom is -0.335 e. The number of anilines is 1. The Morgan fingerprint density at radius 2 is 2.11 bits per heavy atom. The van der Waals surface area contributed by atoms with Gasteiger partial charge < -0.3 is 5.32 Å². The highest BCUT2D eigenvalue weighted by Gasteiger charge is 2.30. The smallest absolute Gasteiger partial charge is 0.161 e. The maximum absolute atomic E-state index is 4.74. The van der Waals surface area contributed by atoms with Gasteiger partial charge in [-0.05, 0) is 42.9 Å². The average molecular weight is 341 g/mol. The van der Waals surface area contributed by atoms with E-state index in [9.17, 15) is 0 Å². The molecule has 1 aromatic rings. The number of amidine groups is 1. The molecule has 0 aromatic heterocycles. The monoisotopic (exact) mass is 340 g/mol. The number of hydrogen-bond acceptors (Lipinski definition) is 3. The lowest BCUT2D eigenvalue weighted by molar-refractivity contribution is 0.318. The van der Waals surface area contributed by atoms with Crippen molar-refractivity contribution in [2.75, 3.05) is 17.6 Å². The molecule has 0 spiro atoms. The first-order chi connectivity index (χ1) is 9.08. The van der Waals surface area contributed by atoms with E-state index in [1.54, 1.807) is 0 Å². The van der Waals surface area contributed by atoms with Crippen LogP contribution in [0.3, 0.4) is 0 Å². The number of aliphatic imine (C=N–C) groups is 1. The summed E-state index contributed by atoms with van der Waals surface area (Å²) in [6.07, 6.45) is 2.42. The molecule has 0 saturated heterocycles. The topological polar surface area (TPSA) is 24.4 Å². The second kappa shape index (κ2) is 6.31. The van der Waals surface area contributed by atoms with Crippen molar-refractivity contribution in [3.63, 3.8) is 0 Å². The second-order valence-electron chi connectivity index (χ2n) is 5.20. The van der Waals surface area contributed by atoms with Gasteiger partial charge in [-0.2, -0.15) is 0 Å². The summed E-state index contributed by atoms with van der Waals surface area (Å²) < 4.78 is 1.10. The third kappa shape index (κ3) is 3.54. The highest BCUT2D eigenvalue weighted by atomic mass is 79.9. The number of thioether (sulfide) groups is 1. The highest BCUT2D eigenvalue weighted by molar-refractivity contribution is 9.10. The zero-order valence-corrected chi connectivity index (χ0v) is 14.2. The van der Waals surface area contributed by atoms with Gasteiger partial charge in [-0.25, -0.2) is 0 Å². The zero-order valence-electron chi connectivity index (χ0n) is 11.8. The lowest BCUT2D eigenvalue weighted by Crippen LogP contribution is -2.32. The van der Waals surface area contributed by atoms with Crippen LogP contribution in [0.25, 0.3) is 0 Å². The van der Waals surface area contributed by atoms with E-state index in [0.29, 0.717) is 5.41 Å². The van der Waals surface area contributed by atoms with Crippen LogP contribution in [-0.4, -0.2) is 17.5 Å². The van der Waals surface area contributed by atoms with Crippen molar-refractivity contribution in [1.82, 2.24) is 0 Å². The summed E-state index contributed by atoms with van der Waals surface area (Å²) in [4.78, 5) is 4.74. The third-order valence-electron chi connectivity index (χ3n) is 4.01. The standard InChI is InChI=1S/C15H21BrN2S/c1-4-15(5-2)9-17-14(19-10-15)18-13-8-12(16)7-6-11(13)3/h6-8H,4-5,9-10H2,1-3H3,(H,17,18). The molecule has 2 nitrogen and oxygen atoms in total. The average Bonchev–Trinajstić information content (AvgIpc) is 2.44. The zero-order chi connectivity index (χ0) is 13.9. The largest absolute Gasteiger partial charge is 0.335 e. The second-order valence-corrected chi connectivity index (χ2v) is 7.08. The molecule has 0 amide bonds. The fraction of sp³-hybridized carbons (Fsp3) is 0.533. The van der Waals surface area contributed by atoms with Gasteiger partial charge in [0, 0.05) is 22.5 Å². The van der Waals surface area contributed by atoms with E-state index < -0.39 is 0 Å². The molecule has 19 heavy (non-hydrogen) atoms. The first kappa shape index (κ1) is 14.9. The molecule has 2 rings (SSSR count). The minimum atomic E-state index is 0.405. The van der Waals surface area contributed by atoms with Gasteiger partial charge in [0.2, 0.25) is 0 Å². The summed E-state index contributed by atoms with van der Waals surface area (Å²) in [6.45, 7) is 7.61. The van der Waals surface area contributed by atoms with Crippen LogP contribution in [0, 0.1) is 12.3 Å². The van der Waals surface area contributed by atoms with Crippen molar-refractivity contribution < 1.29 is 0 Å². The van der Waals surface area contributed by atoms with E-state index in [1.807, 2.05) is 11.8 Å². The number of benzene rings is 1. The molecule has 1 heterocycles. The van der Waals surface area contributed by atoms with Crippen LogP contribution in [-0.2, 0) is 0 Å². The highest BCUT2D eigenvalue weighted by Crippen LogP contribution is 2.35. The fourth-order valence-corrected chi connectivity index (χ4v) is 3.79. The molecule has 104 valence electrons. The molecule has 0 bridgehead atoms. The van der Waals surface area contributed by atoms with Crippen LogP contribution >= 0.6 is 27.7 Å². The summed E-state index contributed by atoms with van der Waals surface area (Å²) in [5, 5.41) is 4.51. The Bertz CT molecular complexity index is 481. The molecular weight excluding hydrogens is 320 g/mol. The molecule has 0 atom stereocenters. The van der Waals surface area contributed by atoms with Crippen molar-refractivity contribution in [1.29, 1.82) is 0 Å². The van der Waals surface area contributed by atoms with Crippen LogP contribution in [0.2, 0.25) is 0 Å². The molecule has 4 heteroatoms. The van der Waals surface area contributed by atoms with Gasteiger partial charge in [-0.15, -0.1) is 0 Å². The van der Waals surface area contributed by atoms with E-state index >= 15 is 0 Å². The van der Waals surface area contributed by atoms with E-state index in [0.717, 1.165) is 21.9 Å². The van der Waals surface area contributed by atoms with E-state index in [4.69, 9.17) is 4.99 Å². The fourth-order valence-electron chi connectivity index (χ4n) is 2.15. The van der Waals surface area contributed by atoms with Crippen molar-refractivity contribution in [2.24, 2.45) is 10.4 Å². The number of hydrogen-bond donors (Lipinski definition) is 1. The van der Waals surface area contributed by atoms with Gasteiger partial charge in [-0.1, -0.05) is 47.6 Å². The summed E-state index contributed by atoms with van der Waals surface area (Å²) in [6, 6.07) is 6.29. The number of rotatable bonds is 3. The molecule has 0 aliphatic carbocycles. The lowest BCUT2D eigenvalue weighted by Gasteiger charge is -2.33. The van der Waals surface area contributed by atoms with Gasteiger partial charge in [0.05, 0.1) is 0 Å². The Balaban J connectivity index is 2.09. The third-order valence-corrected chi connectivity index (χ3v) is 5.77. The molecular formula is C15H21BrN2S. The van der Waals surface area contributed by atoms with Crippen molar-refractivity contribution in [3.05, 3.63) is 28.2 Å². The summed E-state index contributed by atoms with van der Waals surface area (Å²) in [5.74, 6) is 1.17. The Morgan fingerprint density at radius 1 is 1.37 bits per heavy atom. The number of nitrogens with one attached hydrogen (secondary N) is 1. The van der Waals surface area contributed by atoms with Gasteiger partial charge in [-0.3, -0.25) is 4.99 Å². The van der Waals surface area contributed by atoms with E-state index in [-0.39, 0.29) is 0 Å². The predicted molar refractivity (Wildman–Crippen MR) is 90.3 cm³/mol. The first-order valence-electron chi connectivity index (χ1n) is 6.79. The molecule has 0 saturated carbocycles. The molecule has 1 aromatic carbocycles. The molecule has 1 aliphatic heterocycles. The van der Waals surface area contributed by atoms with Gasteiger partial charge in [0.25, 0.3) is 0 Å². The van der Waals surface area contributed by atoms with E-state index in [1.165, 1.54) is 24.2 Å². The van der Waals surface area contributed by atoms with Crippen molar-refractivity contribution in [2.45, 2.75) is 33.6 Å². The van der Waals surface area contributed by atoms with Crippen LogP contribution in [0.1, 0.15) is 32.3 Å². The Morgan fingerprint density at radius 3 is 2.68 bits per heavy atom. The summed E-state index contributed by atoms with van der Waals surface area (Å²) in [5.41, 5.74) is 2.79. The summed E-state index contributed by atoms with van der Waals surface area (Å²) >= 11 is 5.37.